The molecular formula is C10H16O2S. The molecule has 0 aromatic rings. The zero-order chi connectivity index (χ0) is 9.52. The second-order valence-electron chi connectivity index (χ2n) is 3.22. The van der Waals surface area contributed by atoms with Gasteiger partial charge in [0.15, 0.2) is 0 Å². The number of ether oxygens (including phenoxy) is 1. The Hall–Kier alpha value is -0.440. The molecule has 0 spiro atoms. The largest absolute Gasteiger partial charge is 0.466 e. The third kappa shape index (κ3) is 4.36. The summed E-state index contributed by atoms with van der Waals surface area (Å²) >= 11 is 1.76. The van der Waals surface area contributed by atoms with Crippen LogP contribution in [0.5, 0.6) is 0 Å². The molecule has 0 saturated heterocycles. The Morgan fingerprint density at radius 1 is 1.38 bits per heavy atom. The second-order valence-corrected chi connectivity index (χ2v) is 4.43. The number of hydrogen-bond donors (Lipinski definition) is 0. The molecule has 0 heterocycles. The number of thioether (sulfide) groups is 1. The Kier molecular flexibility index (Phi) is 4.98. The highest BCUT2D eigenvalue weighted by Gasteiger charge is 2.11. The Bertz CT molecular complexity index is 183. The van der Waals surface area contributed by atoms with Crippen LogP contribution in [0, 0.1) is 0 Å². The van der Waals surface area contributed by atoms with E-state index in [4.69, 9.17) is 0 Å². The number of esters is 1. The van der Waals surface area contributed by atoms with E-state index in [1.54, 1.807) is 11.8 Å². The van der Waals surface area contributed by atoms with E-state index in [-0.39, 0.29) is 5.97 Å². The maximum absolute atomic E-state index is 10.7. The van der Waals surface area contributed by atoms with E-state index in [1.807, 2.05) is 5.41 Å². The molecule has 1 aliphatic carbocycles. The van der Waals surface area contributed by atoms with Crippen LogP contribution in [0.1, 0.15) is 32.1 Å². The fraction of sp³-hybridized carbons (Fsp3) is 0.700. The lowest BCUT2D eigenvalue weighted by Gasteiger charge is -2.18. The molecule has 0 amide bonds. The molecule has 0 unspecified atom stereocenters. The summed E-state index contributed by atoms with van der Waals surface area (Å²) in [4.78, 5) is 10.7. The fourth-order valence-electron chi connectivity index (χ4n) is 1.48. The molecule has 0 N–H and O–H groups in total. The zero-order valence-corrected chi connectivity index (χ0v) is 8.81. The van der Waals surface area contributed by atoms with Gasteiger partial charge in [-0.05, 0) is 18.2 Å². The van der Waals surface area contributed by atoms with E-state index >= 15 is 0 Å². The van der Waals surface area contributed by atoms with Crippen LogP contribution in [0.4, 0.5) is 0 Å². The van der Waals surface area contributed by atoms with Gasteiger partial charge in [-0.2, -0.15) is 0 Å². The molecule has 0 aromatic heterocycles. The van der Waals surface area contributed by atoms with Gasteiger partial charge in [0, 0.05) is 11.3 Å². The molecule has 0 bridgehead atoms. The van der Waals surface area contributed by atoms with E-state index in [1.165, 1.54) is 45.3 Å². The molecule has 0 aromatic carbocycles. The van der Waals surface area contributed by atoms with Crippen molar-refractivity contribution in [3.8, 4) is 0 Å². The SMILES string of the molecule is COC(=O)C=CSC1CCCCC1. The Balaban J connectivity index is 2.16. The van der Waals surface area contributed by atoms with Crippen LogP contribution in [0.3, 0.4) is 0 Å². The predicted molar refractivity (Wildman–Crippen MR) is 55.6 cm³/mol. The average Bonchev–Trinajstić information content (AvgIpc) is 2.19. The van der Waals surface area contributed by atoms with Crippen molar-refractivity contribution < 1.29 is 9.53 Å². The quantitative estimate of drug-likeness (QED) is 0.517. The number of methoxy groups -OCH3 is 1. The van der Waals surface area contributed by atoms with Crippen molar-refractivity contribution in [2.45, 2.75) is 37.4 Å². The number of hydrogen-bond acceptors (Lipinski definition) is 3. The maximum atomic E-state index is 10.7. The minimum absolute atomic E-state index is 0.261. The van der Waals surface area contributed by atoms with Crippen LogP contribution in [0.25, 0.3) is 0 Å². The van der Waals surface area contributed by atoms with Gasteiger partial charge in [-0.3, -0.25) is 0 Å². The van der Waals surface area contributed by atoms with Crippen LogP contribution >= 0.6 is 11.8 Å². The minimum atomic E-state index is -0.261. The molecule has 3 heteroatoms. The topological polar surface area (TPSA) is 26.3 Å². The van der Waals surface area contributed by atoms with Gasteiger partial charge in [0.2, 0.25) is 0 Å². The van der Waals surface area contributed by atoms with E-state index in [2.05, 4.69) is 4.74 Å². The molecule has 0 radical (unpaired) electrons. The molecule has 1 rings (SSSR count). The molecule has 13 heavy (non-hydrogen) atoms. The smallest absolute Gasteiger partial charge is 0.330 e. The lowest BCUT2D eigenvalue weighted by Crippen LogP contribution is -2.06. The first-order valence-electron chi connectivity index (χ1n) is 4.73. The Morgan fingerprint density at radius 2 is 2.08 bits per heavy atom. The normalized spacial score (nSPS) is 19.2. The van der Waals surface area contributed by atoms with Gasteiger partial charge in [0.05, 0.1) is 7.11 Å². The Labute approximate surface area is 83.7 Å². The van der Waals surface area contributed by atoms with Crippen molar-refractivity contribution >= 4 is 17.7 Å². The molecule has 0 atom stereocenters. The van der Waals surface area contributed by atoms with Gasteiger partial charge in [0.1, 0.15) is 0 Å². The summed E-state index contributed by atoms with van der Waals surface area (Å²) in [7, 11) is 1.40. The van der Waals surface area contributed by atoms with Crippen molar-refractivity contribution in [2.24, 2.45) is 0 Å². The Morgan fingerprint density at radius 3 is 2.69 bits per heavy atom. The molecule has 1 saturated carbocycles. The number of rotatable bonds is 3. The molecule has 1 aliphatic rings. The van der Waals surface area contributed by atoms with Crippen molar-refractivity contribution in [3.63, 3.8) is 0 Å². The van der Waals surface area contributed by atoms with Crippen LogP contribution in [0.15, 0.2) is 11.5 Å². The third-order valence-corrected chi connectivity index (χ3v) is 3.38. The number of carbonyl (C=O) groups is 1. The van der Waals surface area contributed by atoms with Gasteiger partial charge in [-0.25, -0.2) is 4.79 Å². The molecule has 1 fully saturated rings. The standard InChI is InChI=1S/C10H16O2S/c1-12-10(11)7-8-13-9-5-3-2-4-6-9/h7-9H,2-6H2,1H3. The molecule has 74 valence electrons. The zero-order valence-electron chi connectivity index (χ0n) is 7.99. The highest BCUT2D eigenvalue weighted by atomic mass is 32.2. The maximum Gasteiger partial charge on any atom is 0.330 e. The van der Waals surface area contributed by atoms with Gasteiger partial charge in [-0.15, -0.1) is 11.8 Å². The molecule has 2 nitrogen and oxygen atoms in total. The van der Waals surface area contributed by atoms with E-state index in [0.29, 0.717) is 0 Å². The first-order valence-corrected chi connectivity index (χ1v) is 5.67. The summed E-state index contributed by atoms with van der Waals surface area (Å²) in [5, 5.41) is 2.58. The second kappa shape index (κ2) is 6.08. The minimum Gasteiger partial charge on any atom is -0.466 e. The average molecular weight is 200 g/mol. The first kappa shape index (κ1) is 10.6. The fourth-order valence-corrected chi connectivity index (χ4v) is 2.49. The van der Waals surface area contributed by atoms with E-state index in [0.717, 1.165) is 5.25 Å². The summed E-state index contributed by atoms with van der Waals surface area (Å²) in [6, 6.07) is 0. The summed E-state index contributed by atoms with van der Waals surface area (Å²) < 4.78 is 4.50. The first-order chi connectivity index (χ1) is 6.33. The molecule has 0 aliphatic heterocycles. The van der Waals surface area contributed by atoms with E-state index in [9.17, 15) is 4.79 Å². The highest BCUT2D eigenvalue weighted by Crippen LogP contribution is 2.28. The van der Waals surface area contributed by atoms with E-state index < -0.39 is 0 Å². The highest BCUT2D eigenvalue weighted by molar-refractivity contribution is 8.02. The lowest BCUT2D eigenvalue weighted by molar-refractivity contribution is -0.134. The van der Waals surface area contributed by atoms with Gasteiger partial charge in [0.25, 0.3) is 0 Å². The van der Waals surface area contributed by atoms with Crippen LogP contribution in [-0.4, -0.2) is 18.3 Å². The third-order valence-electron chi connectivity index (χ3n) is 2.23. The van der Waals surface area contributed by atoms with Crippen LogP contribution < -0.4 is 0 Å². The summed E-state index contributed by atoms with van der Waals surface area (Å²) in [5.74, 6) is -0.261. The van der Waals surface area contributed by atoms with Gasteiger partial charge < -0.3 is 4.74 Å². The monoisotopic (exact) mass is 200 g/mol. The number of carbonyl (C=O) groups excluding carboxylic acids is 1. The van der Waals surface area contributed by atoms with Gasteiger partial charge in [-0.1, -0.05) is 19.3 Å². The van der Waals surface area contributed by atoms with Gasteiger partial charge >= 0.3 is 5.97 Å². The van der Waals surface area contributed by atoms with Crippen molar-refractivity contribution in [2.75, 3.05) is 7.11 Å². The summed E-state index contributed by atoms with van der Waals surface area (Å²) in [6.07, 6.45) is 8.12. The van der Waals surface area contributed by atoms with Crippen molar-refractivity contribution in [3.05, 3.63) is 11.5 Å². The van der Waals surface area contributed by atoms with Crippen LogP contribution in [0.2, 0.25) is 0 Å². The summed E-state index contributed by atoms with van der Waals surface area (Å²) in [6.45, 7) is 0. The lowest BCUT2D eigenvalue weighted by atomic mass is 10.0. The van der Waals surface area contributed by atoms with Crippen molar-refractivity contribution in [1.82, 2.24) is 0 Å². The molecular weight excluding hydrogens is 184 g/mol. The van der Waals surface area contributed by atoms with Crippen LogP contribution in [-0.2, 0) is 9.53 Å². The summed E-state index contributed by atoms with van der Waals surface area (Å²) in [5.41, 5.74) is 0. The predicted octanol–water partition coefficient (Wildman–Crippen LogP) is 2.74. The van der Waals surface area contributed by atoms with Crippen molar-refractivity contribution in [1.29, 1.82) is 0 Å².